The Hall–Kier alpha value is -1.15. The van der Waals surface area contributed by atoms with E-state index >= 15 is 0 Å². The smallest absolute Gasteiger partial charge is 0.295 e. The fourth-order valence-corrected chi connectivity index (χ4v) is 2.06. The summed E-state index contributed by atoms with van der Waals surface area (Å²) >= 11 is 7.45. The molecule has 0 saturated heterocycles. The second-order valence-electron chi connectivity index (χ2n) is 3.60. The van der Waals surface area contributed by atoms with Gasteiger partial charge in [0.1, 0.15) is 5.82 Å². The van der Waals surface area contributed by atoms with Gasteiger partial charge >= 0.3 is 5.69 Å². The lowest BCUT2D eigenvalue weighted by Crippen LogP contribution is -2.31. The van der Waals surface area contributed by atoms with Gasteiger partial charge in [0.15, 0.2) is 0 Å². The highest BCUT2D eigenvalue weighted by molar-refractivity contribution is 14.1. The molecule has 0 bridgehead atoms. The summed E-state index contributed by atoms with van der Waals surface area (Å²) in [6, 6.07) is 4.22. The van der Waals surface area contributed by atoms with Crippen molar-refractivity contribution in [3.63, 3.8) is 0 Å². The number of H-pyrrole nitrogens is 1. The van der Waals surface area contributed by atoms with E-state index in [1.165, 1.54) is 22.9 Å². The van der Waals surface area contributed by atoms with Crippen molar-refractivity contribution in [3.05, 3.63) is 65.2 Å². The fourth-order valence-electron chi connectivity index (χ4n) is 1.43. The molecule has 7 heteroatoms. The molecule has 0 radical (unpaired) electrons. The molecular formula is C11H7ClFIN2O2. The van der Waals surface area contributed by atoms with E-state index in [9.17, 15) is 14.0 Å². The number of hydrogen-bond donors (Lipinski definition) is 1. The van der Waals surface area contributed by atoms with Gasteiger partial charge in [0.25, 0.3) is 5.56 Å². The molecule has 2 rings (SSSR count). The zero-order valence-corrected chi connectivity index (χ0v) is 11.8. The maximum absolute atomic E-state index is 13.6. The summed E-state index contributed by atoms with van der Waals surface area (Å²) in [7, 11) is 0. The lowest BCUT2D eigenvalue weighted by molar-refractivity contribution is 0.592. The molecule has 0 spiro atoms. The molecule has 0 fully saturated rings. The summed E-state index contributed by atoms with van der Waals surface area (Å²) in [4.78, 5) is 24.9. The first-order valence-electron chi connectivity index (χ1n) is 4.90. The fraction of sp³-hybridized carbons (Fsp3) is 0.0909. The van der Waals surface area contributed by atoms with Gasteiger partial charge < -0.3 is 0 Å². The zero-order valence-electron chi connectivity index (χ0n) is 8.91. The van der Waals surface area contributed by atoms with E-state index < -0.39 is 17.1 Å². The second-order valence-corrected chi connectivity index (χ2v) is 5.20. The minimum atomic E-state index is -0.574. The van der Waals surface area contributed by atoms with E-state index in [1.807, 2.05) is 0 Å². The monoisotopic (exact) mass is 380 g/mol. The van der Waals surface area contributed by atoms with Crippen LogP contribution in [-0.2, 0) is 6.54 Å². The van der Waals surface area contributed by atoms with Crippen LogP contribution in [0.3, 0.4) is 0 Å². The molecule has 0 saturated carbocycles. The summed E-state index contributed by atoms with van der Waals surface area (Å²) in [6.45, 7) is 0.0363. The Morgan fingerprint density at radius 2 is 2.11 bits per heavy atom. The van der Waals surface area contributed by atoms with Crippen molar-refractivity contribution in [2.45, 2.75) is 6.54 Å². The Bertz CT molecular complexity index is 711. The molecular weight excluding hydrogens is 373 g/mol. The Labute approximate surface area is 120 Å². The number of halogens is 3. The van der Waals surface area contributed by atoms with E-state index in [0.29, 0.717) is 14.2 Å². The van der Waals surface area contributed by atoms with Crippen molar-refractivity contribution >= 4 is 34.2 Å². The first-order chi connectivity index (χ1) is 8.47. The van der Waals surface area contributed by atoms with Crippen LogP contribution in [0, 0.1) is 9.39 Å². The van der Waals surface area contributed by atoms with Gasteiger partial charge in [-0.25, -0.2) is 9.18 Å². The van der Waals surface area contributed by atoms with Crippen LogP contribution in [0.25, 0.3) is 0 Å². The maximum Gasteiger partial charge on any atom is 0.328 e. The molecule has 0 atom stereocenters. The van der Waals surface area contributed by atoms with Crippen LogP contribution in [0.4, 0.5) is 4.39 Å². The van der Waals surface area contributed by atoms with Gasteiger partial charge in [-0.15, -0.1) is 0 Å². The van der Waals surface area contributed by atoms with Gasteiger partial charge in [0.05, 0.1) is 10.1 Å². The number of rotatable bonds is 2. The molecule has 0 aliphatic carbocycles. The maximum atomic E-state index is 13.6. The van der Waals surface area contributed by atoms with E-state index in [-0.39, 0.29) is 6.54 Å². The molecule has 1 aromatic heterocycles. The summed E-state index contributed by atoms with van der Waals surface area (Å²) in [6.07, 6.45) is 1.38. The van der Waals surface area contributed by atoms with Crippen LogP contribution >= 0.6 is 34.2 Å². The van der Waals surface area contributed by atoms with Gasteiger partial charge in [0, 0.05) is 16.8 Å². The first kappa shape index (κ1) is 13.3. The van der Waals surface area contributed by atoms with Crippen LogP contribution in [-0.4, -0.2) is 9.55 Å². The van der Waals surface area contributed by atoms with Crippen molar-refractivity contribution < 1.29 is 4.39 Å². The van der Waals surface area contributed by atoms with Gasteiger partial charge in [-0.05, 0) is 34.7 Å². The Morgan fingerprint density at radius 3 is 2.78 bits per heavy atom. The molecule has 0 unspecified atom stereocenters. The molecule has 0 aliphatic rings. The quantitative estimate of drug-likeness (QED) is 0.810. The number of nitrogens with one attached hydrogen (secondary N) is 1. The van der Waals surface area contributed by atoms with Crippen molar-refractivity contribution in [2.75, 3.05) is 0 Å². The second kappa shape index (κ2) is 5.23. The van der Waals surface area contributed by atoms with Crippen LogP contribution in [0.15, 0.2) is 34.0 Å². The number of aromatic amines is 1. The zero-order chi connectivity index (χ0) is 13.3. The van der Waals surface area contributed by atoms with E-state index in [4.69, 9.17) is 11.6 Å². The number of aromatic nitrogens is 2. The average molecular weight is 381 g/mol. The standard InChI is InChI=1S/C11H7ClFIN2O2/c12-7-2-1-6(8(13)3-7)4-16-5-9(14)10(17)15-11(16)18/h1-3,5H,4H2,(H,15,17,18). The summed E-state index contributed by atoms with van der Waals surface area (Å²) in [5.41, 5.74) is -0.701. The van der Waals surface area contributed by atoms with E-state index in [2.05, 4.69) is 4.98 Å². The van der Waals surface area contributed by atoms with Crippen LogP contribution < -0.4 is 11.2 Å². The largest absolute Gasteiger partial charge is 0.328 e. The molecule has 1 aromatic carbocycles. The minimum Gasteiger partial charge on any atom is -0.295 e. The first-order valence-corrected chi connectivity index (χ1v) is 6.36. The number of nitrogens with zero attached hydrogens (tertiary/aromatic N) is 1. The lowest BCUT2D eigenvalue weighted by atomic mass is 10.2. The van der Waals surface area contributed by atoms with Crippen molar-refractivity contribution in [1.82, 2.24) is 9.55 Å². The molecule has 1 N–H and O–H groups in total. The molecule has 94 valence electrons. The Kier molecular flexibility index (Phi) is 3.86. The third-order valence-corrected chi connectivity index (χ3v) is 3.33. The predicted molar refractivity (Wildman–Crippen MR) is 74.6 cm³/mol. The van der Waals surface area contributed by atoms with Gasteiger partial charge in [-0.1, -0.05) is 17.7 Å². The third kappa shape index (κ3) is 2.81. The SMILES string of the molecule is O=c1[nH]c(=O)n(Cc2ccc(Cl)cc2F)cc1I. The molecule has 1 heterocycles. The van der Waals surface area contributed by atoms with Crippen molar-refractivity contribution in [1.29, 1.82) is 0 Å². The van der Waals surface area contributed by atoms with Gasteiger partial charge in [0.2, 0.25) is 0 Å². The van der Waals surface area contributed by atoms with Crippen LogP contribution in [0.1, 0.15) is 5.56 Å². The summed E-state index contributed by atoms with van der Waals surface area (Å²) in [5.74, 6) is -0.490. The van der Waals surface area contributed by atoms with Crippen LogP contribution in [0.5, 0.6) is 0 Å². The number of benzene rings is 1. The lowest BCUT2D eigenvalue weighted by Gasteiger charge is -2.07. The Balaban J connectivity index is 2.43. The highest BCUT2D eigenvalue weighted by Gasteiger charge is 2.07. The molecule has 0 amide bonds. The molecule has 0 aliphatic heterocycles. The highest BCUT2D eigenvalue weighted by Crippen LogP contribution is 2.15. The summed E-state index contributed by atoms with van der Waals surface area (Å²) < 4.78 is 15.2. The highest BCUT2D eigenvalue weighted by atomic mass is 127. The third-order valence-electron chi connectivity index (χ3n) is 2.32. The predicted octanol–water partition coefficient (Wildman–Crippen LogP) is 1.98. The molecule has 18 heavy (non-hydrogen) atoms. The average Bonchev–Trinajstić information content (AvgIpc) is 2.29. The van der Waals surface area contributed by atoms with Gasteiger partial charge in [-0.3, -0.25) is 14.3 Å². The molecule has 4 nitrogen and oxygen atoms in total. The topological polar surface area (TPSA) is 54.9 Å². The van der Waals surface area contributed by atoms with Crippen molar-refractivity contribution in [2.24, 2.45) is 0 Å². The Morgan fingerprint density at radius 1 is 1.39 bits per heavy atom. The summed E-state index contributed by atoms with van der Waals surface area (Å²) in [5, 5.41) is 0.291. The van der Waals surface area contributed by atoms with Crippen LogP contribution in [0.2, 0.25) is 5.02 Å². The molecule has 2 aromatic rings. The van der Waals surface area contributed by atoms with Crippen molar-refractivity contribution in [3.8, 4) is 0 Å². The number of hydrogen-bond acceptors (Lipinski definition) is 2. The van der Waals surface area contributed by atoms with Gasteiger partial charge in [-0.2, -0.15) is 0 Å². The van der Waals surface area contributed by atoms with E-state index in [0.717, 1.165) is 0 Å². The minimum absolute atomic E-state index is 0.0363. The normalized spacial score (nSPS) is 10.6. The van der Waals surface area contributed by atoms with E-state index in [1.54, 1.807) is 28.7 Å².